The number of methoxy groups -OCH3 is 1. The number of carboxylic acids is 1. The van der Waals surface area contributed by atoms with Gasteiger partial charge in [-0.15, -0.1) is 0 Å². The standard InChI is InChI=1S/C47H63N3O11S2/c1-27(2)44(55)60-38-25-40(52)50(8)35-23-32(22-28(3)12-10-11-21-47(57)26-37(59-45(56)49-47)31(6)43-46(38,7)61-43)24-36(58-9)42(35)33-15-17-34(18-16-33)48-39(51)19-13-29(4)62-63-30(5)14-20-41(53)54/h10-12,15-18,23-24,27,29-31,37-38,43,57H,13-14,19-22,25-26H2,1-9H3,(H,48,51)(H,49,56)(H,53,54)/b11-10+,28-12+/t29?,30?,31-,37+,38+,43+,46+,47-/m1/s1. The van der Waals surface area contributed by atoms with Gasteiger partial charge in [0.25, 0.3) is 0 Å². The number of nitrogens with zero attached hydrogens (tertiary/aromatic N) is 1. The normalized spacial score (nSPS) is 27.4. The summed E-state index contributed by atoms with van der Waals surface area (Å²) in [5.74, 6) is -2.14. The minimum atomic E-state index is -1.56. The number of hydrogen-bond acceptors (Lipinski definition) is 12. The highest BCUT2D eigenvalue weighted by atomic mass is 33.1. The largest absolute Gasteiger partial charge is 0.496 e. The van der Waals surface area contributed by atoms with Crippen LogP contribution in [0, 0.1) is 11.8 Å². The Morgan fingerprint density at radius 3 is 2.35 bits per heavy atom. The zero-order valence-electron chi connectivity index (χ0n) is 37.7. The number of fused-ring (bicyclic) bond motifs is 5. The van der Waals surface area contributed by atoms with Crippen molar-refractivity contribution in [3.8, 4) is 16.9 Å². The zero-order chi connectivity index (χ0) is 46.2. The van der Waals surface area contributed by atoms with E-state index in [9.17, 15) is 29.1 Å². The van der Waals surface area contributed by atoms with Crippen LogP contribution >= 0.6 is 21.6 Å². The Bertz CT molecular complexity index is 2060. The van der Waals surface area contributed by atoms with E-state index in [0.29, 0.717) is 48.4 Å². The second-order valence-electron chi connectivity index (χ2n) is 17.5. The first kappa shape index (κ1) is 49.5. The average Bonchev–Trinajstić information content (AvgIpc) is 3.93. The number of epoxide rings is 1. The summed E-state index contributed by atoms with van der Waals surface area (Å²) >= 11 is 0. The minimum Gasteiger partial charge on any atom is -0.496 e. The van der Waals surface area contributed by atoms with Gasteiger partial charge in [-0.3, -0.25) is 24.5 Å². The summed E-state index contributed by atoms with van der Waals surface area (Å²) in [6.45, 7) is 13.1. The number of anilines is 2. The Labute approximate surface area is 378 Å². The molecule has 2 fully saturated rings. The fourth-order valence-electron chi connectivity index (χ4n) is 7.84. The molecule has 3 aliphatic rings. The van der Waals surface area contributed by atoms with E-state index in [1.807, 2.05) is 69.3 Å². The number of aliphatic carboxylic acids is 1. The highest BCUT2D eigenvalue weighted by Crippen LogP contribution is 2.49. The molecule has 0 aliphatic carbocycles. The van der Waals surface area contributed by atoms with Gasteiger partial charge in [0.2, 0.25) is 11.8 Å². The van der Waals surface area contributed by atoms with Crippen molar-refractivity contribution < 1.29 is 53.1 Å². The molecule has 2 saturated heterocycles. The Morgan fingerprint density at radius 2 is 1.71 bits per heavy atom. The van der Waals surface area contributed by atoms with Crippen LogP contribution in [-0.2, 0) is 39.8 Å². The Hall–Kier alpha value is -4.51. The number of carbonyl (C=O) groups excluding carboxylic acids is 4. The molecule has 344 valence electrons. The SMILES string of the molecule is COc1cc2cc(c1-c1ccc(NC(=O)CCC(C)SSC(C)CCC(=O)O)cc1)N(C)C(=O)C[C@H](OC(=O)C(C)C)[C@]1(C)O[C@H]1[C@H](C)[C@@H]1C[C@](O)(C/C=C/C=C(\C)C2)NC(=O)O1. The summed E-state index contributed by atoms with van der Waals surface area (Å²) in [6.07, 6.45) is 4.77. The van der Waals surface area contributed by atoms with Crippen molar-refractivity contribution >= 4 is 62.8 Å². The van der Waals surface area contributed by atoms with Crippen molar-refractivity contribution in [2.24, 2.45) is 11.8 Å². The molecule has 63 heavy (non-hydrogen) atoms. The van der Waals surface area contributed by atoms with Crippen molar-refractivity contribution in [1.82, 2.24) is 5.32 Å². The summed E-state index contributed by atoms with van der Waals surface area (Å²) in [5.41, 5.74) is 1.74. The molecule has 3 amide bonds. The second-order valence-corrected chi connectivity index (χ2v) is 20.7. The zero-order valence-corrected chi connectivity index (χ0v) is 39.4. The monoisotopic (exact) mass is 909 g/mol. The van der Waals surface area contributed by atoms with E-state index in [1.54, 1.807) is 67.5 Å². The number of ether oxygens (including phenoxy) is 4. The van der Waals surface area contributed by atoms with Gasteiger partial charge in [0.15, 0.2) is 0 Å². The number of benzene rings is 2. The van der Waals surface area contributed by atoms with Crippen LogP contribution in [0.4, 0.5) is 16.2 Å². The van der Waals surface area contributed by atoms with Crippen LogP contribution in [0.2, 0.25) is 0 Å². The highest BCUT2D eigenvalue weighted by molar-refractivity contribution is 8.77. The summed E-state index contributed by atoms with van der Waals surface area (Å²) in [4.78, 5) is 65.9. The average molecular weight is 910 g/mol. The molecule has 2 aromatic carbocycles. The van der Waals surface area contributed by atoms with Crippen LogP contribution in [0.3, 0.4) is 0 Å². The Balaban J connectivity index is 1.43. The van der Waals surface area contributed by atoms with Crippen LogP contribution in [0.5, 0.6) is 5.75 Å². The molecule has 4 N–H and O–H groups in total. The number of allylic oxidation sites excluding steroid dienone is 3. The van der Waals surface area contributed by atoms with Gasteiger partial charge < -0.3 is 39.4 Å². The van der Waals surface area contributed by atoms with Gasteiger partial charge in [-0.1, -0.05) is 92.1 Å². The molecule has 0 radical (unpaired) electrons. The van der Waals surface area contributed by atoms with Crippen LogP contribution in [0.25, 0.3) is 11.1 Å². The second kappa shape index (κ2) is 21.4. The van der Waals surface area contributed by atoms with E-state index < -0.39 is 59.5 Å². The molecule has 4 bridgehead atoms. The minimum absolute atomic E-state index is 0.0972. The van der Waals surface area contributed by atoms with E-state index >= 15 is 0 Å². The smallest absolute Gasteiger partial charge is 0.409 e. The van der Waals surface area contributed by atoms with Crippen molar-refractivity contribution in [1.29, 1.82) is 0 Å². The number of hydrogen-bond donors (Lipinski definition) is 4. The van der Waals surface area contributed by atoms with Crippen LogP contribution in [-0.4, -0.2) is 94.4 Å². The summed E-state index contributed by atoms with van der Waals surface area (Å²) in [7, 11) is 6.56. The lowest BCUT2D eigenvalue weighted by molar-refractivity contribution is -0.157. The lowest BCUT2D eigenvalue weighted by Gasteiger charge is -2.39. The molecule has 16 heteroatoms. The lowest BCUT2D eigenvalue weighted by Crippen LogP contribution is -2.57. The van der Waals surface area contributed by atoms with Crippen molar-refractivity contribution in [2.75, 3.05) is 24.4 Å². The van der Waals surface area contributed by atoms with Gasteiger partial charge >= 0.3 is 18.0 Å². The molecule has 0 aromatic heterocycles. The summed E-state index contributed by atoms with van der Waals surface area (Å²) < 4.78 is 24.0. The third kappa shape index (κ3) is 13.3. The Morgan fingerprint density at radius 1 is 1.05 bits per heavy atom. The molecule has 8 atom stereocenters. The third-order valence-corrected chi connectivity index (χ3v) is 15.3. The molecule has 2 aromatic rings. The van der Waals surface area contributed by atoms with Gasteiger partial charge in [0, 0.05) is 60.4 Å². The van der Waals surface area contributed by atoms with Crippen molar-refractivity contribution in [2.45, 2.75) is 140 Å². The number of esters is 1. The molecule has 3 aliphatic heterocycles. The van der Waals surface area contributed by atoms with E-state index in [0.717, 1.165) is 16.7 Å². The topological polar surface area (TPSA) is 193 Å². The maximum Gasteiger partial charge on any atom is 0.409 e. The summed E-state index contributed by atoms with van der Waals surface area (Å²) in [5, 5.41) is 26.4. The third-order valence-electron chi connectivity index (χ3n) is 11.7. The number of nitrogens with one attached hydrogen (secondary N) is 2. The fraction of sp³-hybridized carbons (Fsp3) is 0.553. The maximum absolute atomic E-state index is 14.6. The first-order valence-electron chi connectivity index (χ1n) is 21.5. The van der Waals surface area contributed by atoms with E-state index in [2.05, 4.69) is 17.6 Å². The number of aliphatic hydroxyl groups is 1. The predicted molar refractivity (Wildman–Crippen MR) is 247 cm³/mol. The van der Waals surface area contributed by atoms with Gasteiger partial charge in [-0.25, -0.2) is 4.79 Å². The Kier molecular flexibility index (Phi) is 16.9. The van der Waals surface area contributed by atoms with E-state index in [1.165, 1.54) is 0 Å². The molecule has 0 spiro atoms. The number of alkyl carbamates (subject to hydrolysis) is 1. The first-order chi connectivity index (χ1) is 29.7. The maximum atomic E-state index is 14.6. The van der Waals surface area contributed by atoms with Gasteiger partial charge in [-0.2, -0.15) is 0 Å². The number of rotatable bonds is 14. The fourth-order valence-corrected chi connectivity index (χ4v) is 10.4. The quantitative estimate of drug-likeness (QED) is 0.0802. The van der Waals surface area contributed by atoms with Crippen molar-refractivity contribution in [3.63, 3.8) is 0 Å². The lowest BCUT2D eigenvalue weighted by atomic mass is 9.84. The number of carboxylic acid groups (broad SMARTS) is 1. The van der Waals surface area contributed by atoms with Gasteiger partial charge in [-0.05, 0) is 68.5 Å². The van der Waals surface area contributed by atoms with E-state index in [-0.39, 0.29) is 48.0 Å². The van der Waals surface area contributed by atoms with E-state index in [4.69, 9.17) is 24.1 Å². The molecule has 0 saturated carbocycles. The predicted octanol–water partition coefficient (Wildman–Crippen LogP) is 8.45. The molecule has 2 unspecified atom stereocenters. The number of amides is 3. The number of carbonyl (C=O) groups is 5. The molecule has 3 heterocycles. The molecule has 5 rings (SSSR count). The van der Waals surface area contributed by atoms with Crippen LogP contribution in [0.15, 0.2) is 60.2 Å². The molecular weight excluding hydrogens is 847 g/mol. The van der Waals surface area contributed by atoms with Crippen LogP contribution < -0.4 is 20.3 Å². The summed E-state index contributed by atoms with van der Waals surface area (Å²) in [6, 6.07) is 11.2. The van der Waals surface area contributed by atoms with Gasteiger partial charge in [0.05, 0.1) is 31.2 Å². The molecule has 14 nitrogen and oxygen atoms in total. The van der Waals surface area contributed by atoms with Crippen LogP contribution in [0.1, 0.15) is 99.0 Å². The highest BCUT2D eigenvalue weighted by Gasteiger charge is 2.64. The molecular formula is C47H63N3O11S2. The van der Waals surface area contributed by atoms with Gasteiger partial charge in [0.1, 0.15) is 29.3 Å². The van der Waals surface area contributed by atoms with Crippen molar-refractivity contribution in [3.05, 3.63) is 65.8 Å². The first-order valence-corrected chi connectivity index (χ1v) is 23.8.